The summed E-state index contributed by atoms with van der Waals surface area (Å²) in [7, 11) is 2.17. The Bertz CT molecular complexity index is 235. The third-order valence-corrected chi connectivity index (χ3v) is 3.39. The molecule has 1 unspecified atom stereocenters. The van der Waals surface area contributed by atoms with Crippen LogP contribution in [0.4, 0.5) is 0 Å². The summed E-state index contributed by atoms with van der Waals surface area (Å²) in [6, 6.07) is 0. The van der Waals surface area contributed by atoms with Crippen molar-refractivity contribution in [1.82, 2.24) is 0 Å². The Kier molecular flexibility index (Phi) is 2.45. The molecule has 0 aliphatic carbocycles. The minimum Gasteiger partial charge on any atom is -0.480 e. The fourth-order valence-corrected chi connectivity index (χ4v) is 2.90. The van der Waals surface area contributed by atoms with Gasteiger partial charge in [0.1, 0.15) is 5.25 Å². The van der Waals surface area contributed by atoms with Crippen molar-refractivity contribution in [3.8, 4) is 0 Å². The monoisotopic (exact) mass is 192 g/mol. The molecule has 2 N–H and O–H groups in total. The summed E-state index contributed by atoms with van der Waals surface area (Å²) in [6.45, 7) is 0. The van der Waals surface area contributed by atoms with Crippen LogP contribution in [0.5, 0.6) is 0 Å². The lowest BCUT2D eigenvalue weighted by molar-refractivity contribution is -0.139. The fourth-order valence-electron chi connectivity index (χ4n) is 0.586. The van der Waals surface area contributed by atoms with Crippen molar-refractivity contribution in [2.24, 2.45) is 0 Å². The van der Waals surface area contributed by atoms with Gasteiger partial charge in [0.05, 0.1) is 5.57 Å². The molecule has 1 aliphatic rings. The number of carboxylic acid groups (broad SMARTS) is 2. The highest BCUT2D eigenvalue weighted by Gasteiger charge is 2.32. The SMILES string of the molecule is O=C(O)C1=CSSC1C(=O)O. The molecule has 6 heteroatoms. The largest absolute Gasteiger partial charge is 0.480 e. The average molecular weight is 192 g/mol. The predicted molar refractivity (Wildman–Crippen MR) is 42.3 cm³/mol. The third kappa shape index (κ3) is 1.69. The average Bonchev–Trinajstić information content (AvgIpc) is 2.32. The summed E-state index contributed by atoms with van der Waals surface area (Å²) in [5, 5.41) is 17.4. The van der Waals surface area contributed by atoms with Crippen LogP contribution in [0, 0.1) is 0 Å². The lowest BCUT2D eigenvalue weighted by Gasteiger charge is -2.01. The van der Waals surface area contributed by atoms with Gasteiger partial charge in [0.15, 0.2) is 0 Å². The molecule has 11 heavy (non-hydrogen) atoms. The predicted octanol–water partition coefficient (Wildman–Crippen LogP) is 0.803. The molecule has 1 aliphatic heterocycles. The first-order valence-corrected chi connectivity index (χ1v) is 4.89. The minimum absolute atomic E-state index is 0.0486. The van der Waals surface area contributed by atoms with Gasteiger partial charge in [0, 0.05) is 0 Å². The van der Waals surface area contributed by atoms with Gasteiger partial charge < -0.3 is 10.2 Å². The molecule has 1 rings (SSSR count). The second kappa shape index (κ2) is 3.19. The van der Waals surface area contributed by atoms with Crippen LogP contribution >= 0.6 is 21.6 Å². The van der Waals surface area contributed by atoms with Crippen LogP contribution in [0.1, 0.15) is 0 Å². The zero-order valence-electron chi connectivity index (χ0n) is 5.18. The number of rotatable bonds is 2. The molecule has 0 amide bonds. The van der Waals surface area contributed by atoms with E-state index in [9.17, 15) is 9.59 Å². The highest BCUT2D eigenvalue weighted by atomic mass is 33.1. The summed E-state index contributed by atoms with van der Waals surface area (Å²) in [5.41, 5.74) is -0.0486. The Balaban J connectivity index is 2.79. The van der Waals surface area contributed by atoms with Crippen molar-refractivity contribution < 1.29 is 19.8 Å². The van der Waals surface area contributed by atoms with Gasteiger partial charge in [-0.05, 0) is 5.41 Å². The van der Waals surface area contributed by atoms with Crippen LogP contribution in [0.15, 0.2) is 11.0 Å². The van der Waals surface area contributed by atoms with Crippen LogP contribution in [-0.2, 0) is 9.59 Å². The molecule has 0 saturated carbocycles. The molecule has 0 aromatic heterocycles. The lowest BCUT2D eigenvalue weighted by Crippen LogP contribution is -2.20. The molecule has 1 heterocycles. The quantitative estimate of drug-likeness (QED) is 0.630. The van der Waals surface area contributed by atoms with Crippen LogP contribution in [0.2, 0.25) is 0 Å². The van der Waals surface area contributed by atoms with Crippen LogP contribution in [0.25, 0.3) is 0 Å². The summed E-state index contributed by atoms with van der Waals surface area (Å²) in [4.78, 5) is 20.7. The van der Waals surface area contributed by atoms with Crippen LogP contribution in [-0.4, -0.2) is 27.4 Å². The maximum Gasteiger partial charge on any atom is 0.333 e. The van der Waals surface area contributed by atoms with Gasteiger partial charge in [-0.15, -0.1) is 0 Å². The Labute approximate surface area is 70.1 Å². The zero-order valence-corrected chi connectivity index (χ0v) is 6.82. The molecule has 0 bridgehead atoms. The van der Waals surface area contributed by atoms with E-state index in [1.165, 1.54) is 5.41 Å². The molecule has 0 aromatic carbocycles. The Morgan fingerprint density at radius 1 is 1.45 bits per heavy atom. The summed E-state index contributed by atoms with van der Waals surface area (Å²) in [6.07, 6.45) is 0. The summed E-state index contributed by atoms with van der Waals surface area (Å²) in [5.74, 6) is -2.26. The lowest BCUT2D eigenvalue weighted by atomic mass is 10.2. The van der Waals surface area contributed by atoms with Gasteiger partial charge in [-0.3, -0.25) is 4.79 Å². The van der Waals surface area contributed by atoms with Crippen molar-refractivity contribution >= 4 is 33.5 Å². The van der Waals surface area contributed by atoms with Gasteiger partial charge in [0.2, 0.25) is 0 Å². The molecule has 0 radical (unpaired) electrons. The van der Waals surface area contributed by atoms with E-state index >= 15 is 0 Å². The maximum absolute atomic E-state index is 10.4. The van der Waals surface area contributed by atoms with Crippen molar-refractivity contribution in [2.45, 2.75) is 5.25 Å². The van der Waals surface area contributed by atoms with Crippen LogP contribution < -0.4 is 0 Å². The molecule has 4 nitrogen and oxygen atoms in total. The number of aliphatic carboxylic acids is 2. The second-order valence-electron chi connectivity index (χ2n) is 1.79. The van der Waals surface area contributed by atoms with E-state index in [1.54, 1.807) is 0 Å². The van der Waals surface area contributed by atoms with Gasteiger partial charge in [-0.25, -0.2) is 4.79 Å². The highest BCUT2D eigenvalue weighted by molar-refractivity contribution is 8.78. The first-order chi connectivity index (χ1) is 5.13. The topological polar surface area (TPSA) is 74.6 Å². The summed E-state index contributed by atoms with van der Waals surface area (Å²) < 4.78 is 0. The molecule has 0 saturated heterocycles. The smallest absolute Gasteiger partial charge is 0.333 e. The Morgan fingerprint density at radius 2 is 2.09 bits per heavy atom. The van der Waals surface area contributed by atoms with Gasteiger partial charge in [-0.2, -0.15) is 0 Å². The van der Waals surface area contributed by atoms with Crippen LogP contribution in [0.3, 0.4) is 0 Å². The molecule has 0 spiro atoms. The van der Waals surface area contributed by atoms with E-state index in [0.717, 1.165) is 21.6 Å². The Hall–Kier alpha value is -0.620. The van der Waals surface area contributed by atoms with Gasteiger partial charge in [0.25, 0.3) is 0 Å². The highest BCUT2D eigenvalue weighted by Crippen LogP contribution is 2.40. The first-order valence-electron chi connectivity index (χ1n) is 2.61. The molecular formula is C5H4O4S2. The minimum atomic E-state index is -1.16. The van der Waals surface area contributed by atoms with E-state index in [2.05, 4.69) is 0 Å². The normalized spacial score (nSPS) is 22.9. The zero-order chi connectivity index (χ0) is 8.43. The first kappa shape index (κ1) is 8.48. The fraction of sp³-hybridized carbons (Fsp3) is 0.200. The molecular weight excluding hydrogens is 188 g/mol. The van der Waals surface area contributed by atoms with E-state index in [4.69, 9.17) is 10.2 Å². The number of carbonyl (C=O) groups is 2. The van der Waals surface area contributed by atoms with E-state index < -0.39 is 17.2 Å². The summed E-state index contributed by atoms with van der Waals surface area (Å²) >= 11 is 0. The maximum atomic E-state index is 10.4. The van der Waals surface area contributed by atoms with E-state index in [-0.39, 0.29) is 5.57 Å². The Morgan fingerprint density at radius 3 is 2.45 bits per heavy atom. The van der Waals surface area contributed by atoms with E-state index in [0.29, 0.717) is 0 Å². The molecule has 0 fully saturated rings. The second-order valence-corrected chi connectivity index (χ2v) is 4.04. The van der Waals surface area contributed by atoms with Gasteiger partial charge >= 0.3 is 11.9 Å². The number of hydrogen-bond acceptors (Lipinski definition) is 4. The van der Waals surface area contributed by atoms with Crippen molar-refractivity contribution in [1.29, 1.82) is 0 Å². The van der Waals surface area contributed by atoms with Crippen molar-refractivity contribution in [2.75, 3.05) is 0 Å². The standard InChI is InChI=1S/C5H4O4S2/c6-4(7)2-1-10-11-3(2)5(8)9/h1,3H,(H,6,7)(H,8,9). The molecule has 60 valence electrons. The van der Waals surface area contributed by atoms with Crippen molar-refractivity contribution in [3.05, 3.63) is 11.0 Å². The molecule has 0 aromatic rings. The number of hydrogen-bond donors (Lipinski definition) is 2. The third-order valence-electron chi connectivity index (χ3n) is 1.08. The molecule has 1 atom stereocenters. The van der Waals surface area contributed by atoms with Gasteiger partial charge in [-0.1, -0.05) is 21.6 Å². The number of carboxylic acids is 2. The van der Waals surface area contributed by atoms with Crippen molar-refractivity contribution in [3.63, 3.8) is 0 Å². The van der Waals surface area contributed by atoms with E-state index in [1.807, 2.05) is 0 Å².